The Kier molecular flexibility index (Phi) is 5.82. The van der Waals surface area contributed by atoms with E-state index in [1.54, 1.807) is 36.4 Å². The summed E-state index contributed by atoms with van der Waals surface area (Å²) >= 11 is 0. The summed E-state index contributed by atoms with van der Waals surface area (Å²) in [5.74, 6) is 0.461. The first-order valence-corrected chi connectivity index (χ1v) is 9.94. The number of rotatable bonds is 4. The highest BCUT2D eigenvalue weighted by Crippen LogP contribution is 2.30. The predicted molar refractivity (Wildman–Crippen MR) is 114 cm³/mol. The number of nitriles is 2. The minimum Gasteiger partial charge on any atom is -0.455 e. The van der Waals surface area contributed by atoms with Crippen molar-refractivity contribution in [2.24, 2.45) is 0 Å². The number of carbonyl (C=O) groups excluding carboxylic acids is 1. The minimum absolute atomic E-state index is 0.0349. The van der Waals surface area contributed by atoms with E-state index in [2.05, 4.69) is 50.5 Å². The molecule has 0 radical (unpaired) electrons. The molecule has 1 saturated heterocycles. The first-order valence-electron chi connectivity index (χ1n) is 9.94. The number of benzene rings is 2. The molecule has 0 spiro atoms. The maximum atomic E-state index is 12.8. The predicted octanol–water partition coefficient (Wildman–Crippen LogP) is 4.26. The minimum atomic E-state index is -0.214. The number of ether oxygens (including phenoxy) is 1. The van der Waals surface area contributed by atoms with E-state index < -0.39 is 0 Å². The molecular weight excluding hydrogens is 376 g/mol. The van der Waals surface area contributed by atoms with Crippen LogP contribution in [0.4, 0.5) is 0 Å². The Bertz CT molecular complexity index is 1030. The molecule has 0 aliphatic carbocycles. The molecular formula is C24H26N4O2. The summed E-state index contributed by atoms with van der Waals surface area (Å²) in [4.78, 5) is 12.8. The summed E-state index contributed by atoms with van der Waals surface area (Å²) in [6, 6.07) is 15.7. The molecule has 154 valence electrons. The van der Waals surface area contributed by atoms with Gasteiger partial charge in [-0.25, -0.2) is 0 Å². The van der Waals surface area contributed by atoms with Crippen molar-refractivity contribution in [2.45, 2.75) is 57.7 Å². The van der Waals surface area contributed by atoms with Crippen LogP contribution in [0.3, 0.4) is 0 Å². The smallest absolute Gasteiger partial charge is 0.251 e. The average molecular weight is 402 g/mol. The summed E-state index contributed by atoms with van der Waals surface area (Å²) < 4.78 is 5.78. The highest BCUT2D eigenvalue weighted by atomic mass is 16.5. The van der Waals surface area contributed by atoms with Gasteiger partial charge in [0.05, 0.1) is 11.1 Å². The van der Waals surface area contributed by atoms with E-state index in [1.165, 1.54) is 6.07 Å². The molecule has 6 heteroatoms. The number of hydrogen-bond acceptors (Lipinski definition) is 5. The molecule has 0 saturated carbocycles. The fraction of sp³-hybridized carbons (Fsp3) is 0.375. The monoisotopic (exact) mass is 402 g/mol. The Morgan fingerprint density at radius 1 is 1.00 bits per heavy atom. The Hall–Kier alpha value is -3.35. The topological polar surface area (TPSA) is 97.9 Å². The van der Waals surface area contributed by atoms with Crippen molar-refractivity contribution in [3.63, 3.8) is 0 Å². The number of para-hydroxylation sites is 1. The molecule has 1 aliphatic rings. The van der Waals surface area contributed by atoms with Crippen molar-refractivity contribution in [3.05, 3.63) is 59.2 Å². The molecule has 2 aromatic rings. The fourth-order valence-electron chi connectivity index (χ4n) is 4.31. The number of nitrogens with zero attached hydrogens (tertiary/aromatic N) is 2. The van der Waals surface area contributed by atoms with Crippen molar-refractivity contribution < 1.29 is 9.53 Å². The molecule has 2 aromatic carbocycles. The third-order valence-electron chi connectivity index (χ3n) is 5.12. The van der Waals surface area contributed by atoms with Crippen LogP contribution in [0.25, 0.3) is 0 Å². The van der Waals surface area contributed by atoms with Gasteiger partial charge in [-0.1, -0.05) is 12.1 Å². The number of amides is 1. The maximum Gasteiger partial charge on any atom is 0.251 e. The zero-order valence-corrected chi connectivity index (χ0v) is 17.7. The summed E-state index contributed by atoms with van der Waals surface area (Å²) in [6.07, 6.45) is 1.64. The lowest BCUT2D eigenvalue weighted by atomic mass is 9.79. The molecule has 2 N–H and O–H groups in total. The Morgan fingerprint density at radius 2 is 1.60 bits per heavy atom. The van der Waals surface area contributed by atoms with Gasteiger partial charge in [0, 0.05) is 22.7 Å². The second-order valence-corrected chi connectivity index (χ2v) is 9.00. The third kappa shape index (κ3) is 4.97. The fourth-order valence-corrected chi connectivity index (χ4v) is 4.31. The molecule has 6 nitrogen and oxygen atoms in total. The van der Waals surface area contributed by atoms with E-state index in [-0.39, 0.29) is 28.6 Å². The maximum absolute atomic E-state index is 12.8. The van der Waals surface area contributed by atoms with Crippen LogP contribution in [-0.2, 0) is 0 Å². The van der Waals surface area contributed by atoms with Gasteiger partial charge in [-0.05, 0) is 70.9 Å². The molecule has 1 heterocycles. The molecule has 1 amide bonds. The molecule has 1 fully saturated rings. The van der Waals surface area contributed by atoms with Gasteiger partial charge in [0.25, 0.3) is 5.91 Å². The molecule has 3 rings (SSSR count). The van der Waals surface area contributed by atoms with Gasteiger partial charge in [-0.3, -0.25) is 4.79 Å². The highest BCUT2D eigenvalue weighted by Gasteiger charge is 2.38. The van der Waals surface area contributed by atoms with Crippen LogP contribution < -0.4 is 15.4 Å². The zero-order chi connectivity index (χ0) is 21.9. The number of piperidine rings is 1. The Morgan fingerprint density at radius 3 is 2.23 bits per heavy atom. The van der Waals surface area contributed by atoms with Gasteiger partial charge < -0.3 is 15.4 Å². The van der Waals surface area contributed by atoms with Crippen LogP contribution >= 0.6 is 0 Å². The number of hydrogen-bond donors (Lipinski definition) is 2. The van der Waals surface area contributed by atoms with Crippen LogP contribution in [0.2, 0.25) is 0 Å². The van der Waals surface area contributed by atoms with Gasteiger partial charge in [0.15, 0.2) is 0 Å². The van der Waals surface area contributed by atoms with Crippen LogP contribution in [0.1, 0.15) is 62.0 Å². The highest BCUT2D eigenvalue weighted by molar-refractivity contribution is 5.95. The Balaban J connectivity index is 1.78. The molecule has 30 heavy (non-hydrogen) atoms. The van der Waals surface area contributed by atoms with Crippen molar-refractivity contribution in [3.8, 4) is 23.6 Å². The molecule has 0 aromatic heterocycles. The largest absolute Gasteiger partial charge is 0.455 e. The van der Waals surface area contributed by atoms with E-state index in [0.29, 0.717) is 22.6 Å². The normalized spacial score (nSPS) is 17.4. The van der Waals surface area contributed by atoms with Crippen molar-refractivity contribution in [2.75, 3.05) is 0 Å². The van der Waals surface area contributed by atoms with E-state index in [9.17, 15) is 15.3 Å². The number of nitrogens with one attached hydrogen (secondary N) is 2. The van der Waals surface area contributed by atoms with E-state index >= 15 is 0 Å². The van der Waals surface area contributed by atoms with E-state index in [1.807, 2.05) is 0 Å². The van der Waals surface area contributed by atoms with E-state index in [4.69, 9.17) is 4.74 Å². The summed E-state index contributed by atoms with van der Waals surface area (Å²) in [7, 11) is 0. The zero-order valence-electron chi connectivity index (χ0n) is 17.7. The van der Waals surface area contributed by atoms with Crippen LogP contribution in [0.15, 0.2) is 42.5 Å². The first-order chi connectivity index (χ1) is 14.1. The summed E-state index contributed by atoms with van der Waals surface area (Å²) in [5, 5.41) is 25.5. The third-order valence-corrected chi connectivity index (χ3v) is 5.12. The molecule has 1 aliphatic heterocycles. The standard InChI is InChI=1S/C24H26N4O2/c1-23(2)12-19(13-24(3,4)28-23)27-22(29)16-9-10-21(18(11-16)15-26)30-20-8-6-5-7-17(20)14-25/h5-11,19,28H,12-13H2,1-4H3,(H,27,29). The lowest BCUT2D eigenvalue weighted by molar-refractivity contribution is 0.0873. The first kappa shape index (κ1) is 21.4. The van der Waals surface area contributed by atoms with Gasteiger partial charge in [0.2, 0.25) is 0 Å². The lowest BCUT2D eigenvalue weighted by Gasteiger charge is -2.46. The van der Waals surface area contributed by atoms with Gasteiger partial charge in [-0.2, -0.15) is 10.5 Å². The molecule has 0 bridgehead atoms. The van der Waals surface area contributed by atoms with Gasteiger partial charge >= 0.3 is 0 Å². The van der Waals surface area contributed by atoms with Gasteiger partial charge in [0.1, 0.15) is 23.6 Å². The SMILES string of the molecule is CC1(C)CC(NC(=O)c2ccc(Oc3ccccc3C#N)c(C#N)c2)CC(C)(C)N1. The average Bonchev–Trinajstić information content (AvgIpc) is 2.66. The summed E-state index contributed by atoms with van der Waals surface area (Å²) in [6.45, 7) is 8.52. The second-order valence-electron chi connectivity index (χ2n) is 9.00. The van der Waals surface area contributed by atoms with E-state index in [0.717, 1.165) is 12.8 Å². The number of carbonyl (C=O) groups is 1. The lowest BCUT2D eigenvalue weighted by Crippen LogP contribution is -2.62. The second kappa shape index (κ2) is 8.18. The quantitative estimate of drug-likeness (QED) is 0.796. The van der Waals surface area contributed by atoms with Crippen LogP contribution in [0, 0.1) is 22.7 Å². The Labute approximate surface area is 177 Å². The molecule has 0 atom stereocenters. The van der Waals surface area contributed by atoms with Crippen molar-refractivity contribution in [1.82, 2.24) is 10.6 Å². The van der Waals surface area contributed by atoms with Crippen LogP contribution in [-0.4, -0.2) is 23.0 Å². The van der Waals surface area contributed by atoms with Crippen molar-refractivity contribution in [1.29, 1.82) is 10.5 Å². The van der Waals surface area contributed by atoms with Gasteiger partial charge in [-0.15, -0.1) is 0 Å². The van der Waals surface area contributed by atoms with Crippen molar-refractivity contribution >= 4 is 5.91 Å². The summed E-state index contributed by atoms with van der Waals surface area (Å²) in [5.41, 5.74) is 0.856. The molecule has 0 unspecified atom stereocenters. The van der Waals surface area contributed by atoms with Crippen LogP contribution in [0.5, 0.6) is 11.5 Å².